The fourth-order valence-electron chi connectivity index (χ4n) is 4.90. The molecule has 2 aliphatic rings. The van der Waals surface area contributed by atoms with E-state index in [1.165, 1.54) is 12.1 Å². The molecular formula is C24H26F3N5O5. The zero-order chi connectivity index (χ0) is 26.2. The smallest absolute Gasteiger partial charge is 0.406 e. The van der Waals surface area contributed by atoms with E-state index >= 15 is 0 Å². The number of imidazole rings is 1. The first-order valence-electron chi connectivity index (χ1n) is 11.9. The number of alkyl halides is 3. The molecule has 1 aromatic carbocycles. The molecule has 0 bridgehead atoms. The molecule has 10 nitrogen and oxygen atoms in total. The minimum absolute atomic E-state index is 0.0796. The van der Waals surface area contributed by atoms with E-state index < -0.39 is 12.1 Å². The molecule has 2 aliphatic heterocycles. The molecule has 2 aromatic heterocycles. The molecule has 5 rings (SSSR count). The van der Waals surface area contributed by atoms with Gasteiger partial charge in [0.2, 0.25) is 0 Å². The third-order valence-corrected chi connectivity index (χ3v) is 6.72. The molecule has 13 heteroatoms. The van der Waals surface area contributed by atoms with Gasteiger partial charge in [-0.3, -0.25) is 14.3 Å². The fraction of sp³-hybridized carbons (Fsp3) is 0.458. The van der Waals surface area contributed by atoms with E-state index in [1.54, 1.807) is 15.7 Å². The van der Waals surface area contributed by atoms with Gasteiger partial charge in [0, 0.05) is 37.8 Å². The lowest BCUT2D eigenvalue weighted by Gasteiger charge is -2.34. The Morgan fingerprint density at radius 1 is 1.19 bits per heavy atom. The molecule has 0 unspecified atom stereocenters. The molecule has 198 valence electrons. The van der Waals surface area contributed by atoms with Gasteiger partial charge < -0.3 is 24.4 Å². The molecule has 4 heterocycles. The number of pyridine rings is 1. The number of carbonyl (C=O) groups excluding carboxylic acids is 1. The number of carbonyl (C=O) groups is 1. The number of hydrogen-bond acceptors (Lipinski definition) is 7. The number of halogens is 3. The van der Waals surface area contributed by atoms with Crippen LogP contribution in [0.25, 0.3) is 11.2 Å². The second-order valence-electron chi connectivity index (χ2n) is 9.08. The summed E-state index contributed by atoms with van der Waals surface area (Å²) in [6.45, 7) is 2.33. The van der Waals surface area contributed by atoms with Crippen LogP contribution in [0, 0.1) is 0 Å². The van der Waals surface area contributed by atoms with E-state index in [4.69, 9.17) is 4.74 Å². The maximum Gasteiger partial charge on any atom is 0.573 e. The van der Waals surface area contributed by atoms with Gasteiger partial charge in [-0.15, -0.1) is 13.2 Å². The number of aromatic amines is 1. The number of fused-ring (bicyclic) bond motifs is 1. The lowest BCUT2D eigenvalue weighted by Crippen LogP contribution is -2.44. The third-order valence-electron chi connectivity index (χ3n) is 6.72. The topological polar surface area (TPSA) is 113 Å². The largest absolute Gasteiger partial charge is 0.573 e. The van der Waals surface area contributed by atoms with Crippen LogP contribution in [-0.2, 0) is 4.74 Å². The van der Waals surface area contributed by atoms with E-state index in [2.05, 4.69) is 19.6 Å². The highest BCUT2D eigenvalue weighted by Gasteiger charge is 2.31. The van der Waals surface area contributed by atoms with Crippen molar-refractivity contribution in [2.24, 2.45) is 0 Å². The number of aromatic nitrogens is 3. The van der Waals surface area contributed by atoms with Gasteiger partial charge in [-0.25, -0.2) is 9.78 Å². The molecule has 2 saturated heterocycles. The third kappa shape index (κ3) is 5.42. The Labute approximate surface area is 209 Å². The van der Waals surface area contributed by atoms with Gasteiger partial charge in [0.25, 0.3) is 5.91 Å². The van der Waals surface area contributed by atoms with Crippen LogP contribution in [-0.4, -0.2) is 82.3 Å². The molecule has 1 amide bonds. The van der Waals surface area contributed by atoms with Crippen molar-refractivity contribution in [2.75, 3.05) is 44.3 Å². The van der Waals surface area contributed by atoms with Crippen LogP contribution in [0.3, 0.4) is 0 Å². The number of benzene rings is 1. The summed E-state index contributed by atoms with van der Waals surface area (Å²) in [5, 5.41) is 9.44. The summed E-state index contributed by atoms with van der Waals surface area (Å²) >= 11 is 0. The van der Waals surface area contributed by atoms with E-state index in [-0.39, 0.29) is 35.9 Å². The van der Waals surface area contributed by atoms with Crippen molar-refractivity contribution < 1.29 is 32.5 Å². The number of ether oxygens (including phenoxy) is 2. The van der Waals surface area contributed by atoms with E-state index in [0.29, 0.717) is 56.8 Å². The van der Waals surface area contributed by atoms with Gasteiger partial charge >= 0.3 is 12.1 Å². The summed E-state index contributed by atoms with van der Waals surface area (Å²) in [7, 11) is 0. The highest BCUT2D eigenvalue weighted by Crippen LogP contribution is 2.28. The second kappa shape index (κ2) is 10.1. The molecule has 2 N–H and O–H groups in total. The number of hydrogen-bond donors (Lipinski definition) is 2. The standard InChI is InChI=1S/C24H26F3N5O5/c25-24(26,27)37-18-3-1-15(2-4-18)22(34)30-7-5-16(6-8-30)32-20-11-17(12-28-21(20)29-23(32)35)31-9-10-36-19(13-31)14-33/h1-4,11-12,16,19,33H,5-10,13-14H2,(H,28,29,35)/t19-/m0/s1. The summed E-state index contributed by atoms with van der Waals surface area (Å²) in [5.74, 6) is -0.684. The number of aliphatic hydroxyl groups excluding tert-OH is 1. The molecule has 0 saturated carbocycles. The zero-order valence-corrected chi connectivity index (χ0v) is 19.8. The van der Waals surface area contributed by atoms with E-state index in [9.17, 15) is 27.9 Å². The fourth-order valence-corrected chi connectivity index (χ4v) is 4.90. The quantitative estimate of drug-likeness (QED) is 0.530. The minimum Gasteiger partial charge on any atom is -0.406 e. The van der Waals surface area contributed by atoms with Crippen molar-refractivity contribution in [3.8, 4) is 5.75 Å². The maximum atomic E-state index is 12.9. The highest BCUT2D eigenvalue weighted by molar-refractivity contribution is 5.94. The first-order chi connectivity index (χ1) is 17.7. The van der Waals surface area contributed by atoms with Crippen LogP contribution in [0.2, 0.25) is 0 Å². The van der Waals surface area contributed by atoms with Crippen molar-refractivity contribution in [3.05, 3.63) is 52.6 Å². The Hall–Kier alpha value is -3.58. The Morgan fingerprint density at radius 3 is 2.59 bits per heavy atom. The predicted molar refractivity (Wildman–Crippen MR) is 127 cm³/mol. The average Bonchev–Trinajstić information content (AvgIpc) is 3.22. The number of H-pyrrole nitrogens is 1. The number of amides is 1. The van der Waals surface area contributed by atoms with Crippen LogP contribution in [0.15, 0.2) is 41.3 Å². The molecule has 0 radical (unpaired) electrons. The number of morpholine rings is 1. The van der Waals surface area contributed by atoms with Gasteiger partial charge in [-0.05, 0) is 43.2 Å². The van der Waals surface area contributed by atoms with Crippen LogP contribution < -0.4 is 15.3 Å². The molecule has 0 aliphatic carbocycles. The lowest BCUT2D eigenvalue weighted by atomic mass is 10.0. The molecule has 37 heavy (non-hydrogen) atoms. The highest BCUT2D eigenvalue weighted by atomic mass is 19.4. The number of rotatable bonds is 5. The van der Waals surface area contributed by atoms with Crippen molar-refractivity contribution in [1.82, 2.24) is 19.4 Å². The van der Waals surface area contributed by atoms with Gasteiger partial charge in [0.05, 0.1) is 36.7 Å². The van der Waals surface area contributed by atoms with Crippen molar-refractivity contribution in [1.29, 1.82) is 0 Å². The van der Waals surface area contributed by atoms with Crippen LogP contribution in [0.5, 0.6) is 5.75 Å². The minimum atomic E-state index is -4.80. The van der Waals surface area contributed by atoms with Crippen molar-refractivity contribution in [3.63, 3.8) is 0 Å². The summed E-state index contributed by atoms with van der Waals surface area (Å²) in [4.78, 5) is 36.6. The Balaban J connectivity index is 1.28. The van der Waals surface area contributed by atoms with E-state index in [0.717, 1.165) is 17.8 Å². The molecule has 0 spiro atoms. The molecule has 3 aromatic rings. The number of anilines is 1. The number of nitrogens with one attached hydrogen (secondary N) is 1. The van der Waals surface area contributed by atoms with Crippen LogP contribution in [0.1, 0.15) is 29.2 Å². The zero-order valence-electron chi connectivity index (χ0n) is 19.8. The normalized spacial score (nSPS) is 19.4. The first-order valence-corrected chi connectivity index (χ1v) is 11.9. The Bertz CT molecular complexity index is 1320. The number of likely N-dealkylation sites (tertiary alicyclic amines) is 1. The Morgan fingerprint density at radius 2 is 1.92 bits per heavy atom. The van der Waals surface area contributed by atoms with E-state index in [1.807, 2.05) is 6.07 Å². The van der Waals surface area contributed by atoms with Gasteiger partial charge in [-0.2, -0.15) is 0 Å². The molecule has 2 fully saturated rings. The Kier molecular flexibility index (Phi) is 6.82. The van der Waals surface area contributed by atoms with Crippen LogP contribution in [0.4, 0.5) is 18.9 Å². The van der Waals surface area contributed by atoms with Crippen molar-refractivity contribution in [2.45, 2.75) is 31.3 Å². The molecule has 1 atom stereocenters. The average molecular weight is 521 g/mol. The molecular weight excluding hydrogens is 495 g/mol. The van der Waals surface area contributed by atoms with Crippen LogP contribution >= 0.6 is 0 Å². The number of aliphatic hydroxyl groups is 1. The second-order valence-corrected chi connectivity index (χ2v) is 9.08. The number of piperidine rings is 1. The van der Waals surface area contributed by atoms with Gasteiger partial charge in [-0.1, -0.05) is 0 Å². The summed E-state index contributed by atoms with van der Waals surface area (Å²) in [5.41, 5.74) is 1.95. The SMILES string of the molecule is O=C(c1ccc(OC(F)(F)F)cc1)N1CCC(n2c(=O)[nH]c3ncc(N4CCO[C@H](CO)C4)cc32)CC1. The van der Waals surface area contributed by atoms with Gasteiger partial charge in [0.1, 0.15) is 5.75 Å². The maximum absolute atomic E-state index is 12.9. The first kappa shape index (κ1) is 25.1. The monoisotopic (exact) mass is 521 g/mol. The lowest BCUT2D eigenvalue weighted by molar-refractivity contribution is -0.274. The predicted octanol–water partition coefficient (Wildman–Crippen LogP) is 2.30. The summed E-state index contributed by atoms with van der Waals surface area (Å²) in [6.07, 6.45) is -2.33. The van der Waals surface area contributed by atoms with Crippen molar-refractivity contribution >= 4 is 22.8 Å². The van der Waals surface area contributed by atoms with Gasteiger partial charge in [0.15, 0.2) is 5.65 Å². The summed E-state index contributed by atoms with van der Waals surface area (Å²) < 4.78 is 48.2. The summed E-state index contributed by atoms with van der Waals surface area (Å²) in [6, 6.07) is 6.59. The number of nitrogens with zero attached hydrogens (tertiary/aromatic N) is 4.